The summed E-state index contributed by atoms with van der Waals surface area (Å²) in [5.74, 6) is 0.0358. The van der Waals surface area contributed by atoms with E-state index in [4.69, 9.17) is 0 Å². The van der Waals surface area contributed by atoms with Crippen LogP contribution in [0.1, 0.15) is 39.3 Å². The number of likely N-dealkylation sites (tertiary alicyclic amines) is 1. The minimum atomic E-state index is -0.0845. The predicted octanol–water partition coefficient (Wildman–Crippen LogP) is 2.40. The molecule has 0 N–H and O–H groups in total. The monoisotopic (exact) mass is 375 g/mol. The highest BCUT2D eigenvalue weighted by molar-refractivity contribution is 7.17. The van der Waals surface area contributed by atoms with Gasteiger partial charge < -0.3 is 4.90 Å². The molecule has 0 saturated carbocycles. The molecule has 0 unspecified atom stereocenters. The van der Waals surface area contributed by atoms with Crippen molar-refractivity contribution in [1.29, 1.82) is 0 Å². The molecule has 7 nitrogen and oxygen atoms in total. The van der Waals surface area contributed by atoms with E-state index in [1.54, 1.807) is 6.07 Å². The second kappa shape index (κ2) is 6.30. The molecule has 130 valence electrons. The average Bonchev–Trinajstić information content (AvgIpc) is 3.21. The Bertz CT molecular complexity index is 998. The molecule has 4 heterocycles. The van der Waals surface area contributed by atoms with Crippen LogP contribution in [-0.2, 0) is 0 Å². The normalized spacial score (nSPS) is 15.8. The van der Waals surface area contributed by atoms with Gasteiger partial charge in [0, 0.05) is 13.1 Å². The molecule has 1 aliphatic heterocycles. The van der Waals surface area contributed by atoms with Gasteiger partial charge in [-0.2, -0.15) is 0 Å². The first-order valence-electron chi connectivity index (χ1n) is 8.10. The number of rotatable bonds is 2. The van der Waals surface area contributed by atoms with Gasteiger partial charge in [-0.05, 0) is 38.1 Å². The van der Waals surface area contributed by atoms with Gasteiger partial charge in [-0.1, -0.05) is 5.21 Å². The number of amides is 1. The van der Waals surface area contributed by atoms with Gasteiger partial charge in [-0.3, -0.25) is 9.59 Å². The number of aryl methyl sites for hydroxylation is 2. The van der Waals surface area contributed by atoms with Crippen LogP contribution in [-0.4, -0.2) is 43.9 Å². The molecule has 1 aliphatic rings. The highest BCUT2D eigenvalue weighted by atomic mass is 32.1. The zero-order valence-corrected chi connectivity index (χ0v) is 15.6. The second-order valence-electron chi connectivity index (χ2n) is 6.14. The average molecular weight is 375 g/mol. The van der Waals surface area contributed by atoms with Crippen LogP contribution in [0.15, 0.2) is 16.2 Å². The van der Waals surface area contributed by atoms with Gasteiger partial charge in [0.2, 0.25) is 0 Å². The van der Waals surface area contributed by atoms with Crippen molar-refractivity contribution < 1.29 is 4.79 Å². The van der Waals surface area contributed by atoms with E-state index in [1.807, 2.05) is 24.1 Å². The Morgan fingerprint density at radius 1 is 1.28 bits per heavy atom. The van der Waals surface area contributed by atoms with Crippen molar-refractivity contribution in [1.82, 2.24) is 24.9 Å². The Kier molecular flexibility index (Phi) is 4.12. The Labute approximate surface area is 151 Å². The van der Waals surface area contributed by atoms with Crippen LogP contribution in [0.5, 0.6) is 0 Å². The van der Waals surface area contributed by atoms with Gasteiger partial charge >= 0.3 is 0 Å². The second-order valence-corrected chi connectivity index (χ2v) is 8.26. The summed E-state index contributed by atoms with van der Waals surface area (Å²) in [6, 6.07) is 1.79. The first-order valence-corrected chi connectivity index (χ1v) is 9.80. The molecular formula is C16H17N5O2S2. The maximum absolute atomic E-state index is 12.7. The first-order chi connectivity index (χ1) is 12.0. The fourth-order valence-corrected chi connectivity index (χ4v) is 4.85. The summed E-state index contributed by atoms with van der Waals surface area (Å²) in [6.45, 7) is 4.99. The molecule has 0 aromatic carbocycles. The van der Waals surface area contributed by atoms with Crippen LogP contribution in [0.25, 0.3) is 10.2 Å². The lowest BCUT2D eigenvalue weighted by molar-refractivity contribution is 0.0691. The number of carbonyl (C=O) groups excluding carboxylic acids is 1. The summed E-state index contributed by atoms with van der Waals surface area (Å²) in [5.41, 5.74) is 1.36. The third-order valence-electron chi connectivity index (χ3n) is 4.49. The number of thiophene rings is 1. The van der Waals surface area contributed by atoms with Crippen LogP contribution in [0, 0.1) is 13.8 Å². The SMILES string of the molecule is Cc1nc(C)c(C(=O)N2CCC(n3nnc4ccsc4c3=O)CC2)s1. The number of thiazole rings is 1. The number of hydrogen-bond donors (Lipinski definition) is 0. The molecule has 0 bridgehead atoms. The van der Waals surface area contributed by atoms with Gasteiger partial charge in [0.05, 0.1) is 16.7 Å². The summed E-state index contributed by atoms with van der Waals surface area (Å²) >= 11 is 2.83. The van der Waals surface area contributed by atoms with Gasteiger partial charge in [-0.25, -0.2) is 9.67 Å². The van der Waals surface area contributed by atoms with Crippen molar-refractivity contribution >= 4 is 38.8 Å². The van der Waals surface area contributed by atoms with E-state index in [2.05, 4.69) is 15.3 Å². The molecule has 4 rings (SSSR count). The zero-order valence-electron chi connectivity index (χ0n) is 13.9. The standard InChI is InChI=1S/C16H17N5O2S2/c1-9-13(25-10(2)17-9)15(22)20-6-3-11(4-7-20)21-16(23)14-12(18-19-21)5-8-24-14/h5,8,11H,3-4,6-7H2,1-2H3. The van der Waals surface area contributed by atoms with E-state index in [9.17, 15) is 9.59 Å². The van der Waals surface area contributed by atoms with Crippen molar-refractivity contribution in [2.24, 2.45) is 0 Å². The van der Waals surface area contributed by atoms with Crippen molar-refractivity contribution in [2.45, 2.75) is 32.7 Å². The van der Waals surface area contributed by atoms with Crippen LogP contribution < -0.4 is 5.56 Å². The lowest BCUT2D eigenvalue weighted by Gasteiger charge is -2.31. The van der Waals surface area contributed by atoms with Gasteiger partial charge in [-0.15, -0.1) is 27.8 Å². The maximum atomic E-state index is 12.7. The predicted molar refractivity (Wildman–Crippen MR) is 97.4 cm³/mol. The van der Waals surface area contributed by atoms with Crippen molar-refractivity contribution in [3.8, 4) is 0 Å². The Morgan fingerprint density at radius 3 is 2.72 bits per heavy atom. The van der Waals surface area contributed by atoms with Gasteiger partial charge in [0.15, 0.2) is 0 Å². The number of aromatic nitrogens is 4. The smallest absolute Gasteiger partial charge is 0.287 e. The highest BCUT2D eigenvalue weighted by Gasteiger charge is 2.28. The van der Waals surface area contributed by atoms with Crippen molar-refractivity contribution in [3.05, 3.63) is 37.4 Å². The number of carbonyl (C=O) groups is 1. The number of fused-ring (bicyclic) bond motifs is 1. The molecule has 1 fully saturated rings. The minimum Gasteiger partial charge on any atom is -0.338 e. The Balaban J connectivity index is 1.51. The summed E-state index contributed by atoms with van der Waals surface area (Å²) in [5, 5.41) is 11.0. The fraction of sp³-hybridized carbons (Fsp3) is 0.438. The molecule has 1 saturated heterocycles. The molecule has 0 atom stereocenters. The molecule has 9 heteroatoms. The molecule has 3 aromatic heterocycles. The van der Waals surface area contributed by atoms with Gasteiger partial charge in [0.25, 0.3) is 11.5 Å². The highest BCUT2D eigenvalue weighted by Crippen LogP contribution is 2.25. The van der Waals surface area contributed by atoms with Crippen molar-refractivity contribution in [2.75, 3.05) is 13.1 Å². The molecule has 3 aromatic rings. The molecule has 25 heavy (non-hydrogen) atoms. The molecule has 0 radical (unpaired) electrons. The number of nitrogens with zero attached hydrogens (tertiary/aromatic N) is 5. The lowest BCUT2D eigenvalue weighted by atomic mass is 10.0. The van der Waals surface area contributed by atoms with E-state index in [1.165, 1.54) is 27.4 Å². The molecule has 0 aliphatic carbocycles. The third-order valence-corrected chi connectivity index (χ3v) is 6.44. The summed E-state index contributed by atoms with van der Waals surface area (Å²) < 4.78 is 2.13. The van der Waals surface area contributed by atoms with Crippen LogP contribution in [0.4, 0.5) is 0 Å². The Morgan fingerprint density at radius 2 is 2.04 bits per heavy atom. The Hall–Kier alpha value is -2.13. The summed E-state index contributed by atoms with van der Waals surface area (Å²) in [4.78, 5) is 32.1. The lowest BCUT2D eigenvalue weighted by Crippen LogP contribution is -2.41. The van der Waals surface area contributed by atoms with E-state index < -0.39 is 0 Å². The van der Waals surface area contributed by atoms with Gasteiger partial charge in [0.1, 0.15) is 15.1 Å². The fourth-order valence-electron chi connectivity index (χ4n) is 3.21. The van der Waals surface area contributed by atoms with Crippen LogP contribution in [0.2, 0.25) is 0 Å². The largest absolute Gasteiger partial charge is 0.338 e. The summed E-state index contributed by atoms with van der Waals surface area (Å²) in [6.07, 6.45) is 1.40. The number of hydrogen-bond acceptors (Lipinski definition) is 7. The zero-order chi connectivity index (χ0) is 17.6. The van der Waals surface area contributed by atoms with Crippen LogP contribution >= 0.6 is 22.7 Å². The van der Waals surface area contributed by atoms with E-state index in [0.717, 1.165) is 10.7 Å². The molecule has 0 spiro atoms. The quantitative estimate of drug-likeness (QED) is 0.687. The topological polar surface area (TPSA) is 81.0 Å². The van der Waals surface area contributed by atoms with Crippen LogP contribution in [0.3, 0.4) is 0 Å². The van der Waals surface area contributed by atoms with E-state index in [0.29, 0.717) is 41.0 Å². The van der Waals surface area contributed by atoms with E-state index >= 15 is 0 Å². The van der Waals surface area contributed by atoms with E-state index in [-0.39, 0.29) is 17.5 Å². The third kappa shape index (κ3) is 2.87. The maximum Gasteiger partial charge on any atom is 0.287 e. The molecular weight excluding hydrogens is 358 g/mol. The van der Waals surface area contributed by atoms with Crippen molar-refractivity contribution in [3.63, 3.8) is 0 Å². The minimum absolute atomic E-state index is 0.0140. The number of piperidine rings is 1. The summed E-state index contributed by atoms with van der Waals surface area (Å²) in [7, 11) is 0. The molecule has 1 amide bonds. The first kappa shape index (κ1) is 16.3.